The van der Waals surface area contributed by atoms with Gasteiger partial charge >= 0.3 is 5.97 Å². The molecule has 70 valence electrons. The summed E-state index contributed by atoms with van der Waals surface area (Å²) >= 11 is 7.19. The van der Waals surface area contributed by atoms with E-state index in [0.29, 0.717) is 4.34 Å². The third-order valence-corrected chi connectivity index (χ3v) is 2.86. The SMILES string of the molecule is COC(=O)/C=C(\C)c1ccc(Cl)s1. The van der Waals surface area contributed by atoms with Crippen molar-refractivity contribution in [3.05, 3.63) is 27.4 Å². The lowest BCUT2D eigenvalue weighted by atomic mass is 10.2. The van der Waals surface area contributed by atoms with Crippen LogP contribution in [0, 0.1) is 0 Å². The molecule has 2 nitrogen and oxygen atoms in total. The topological polar surface area (TPSA) is 26.3 Å². The molecule has 0 unspecified atom stereocenters. The molecule has 0 saturated carbocycles. The predicted molar refractivity (Wildman–Crippen MR) is 55.0 cm³/mol. The number of methoxy groups -OCH3 is 1. The summed E-state index contributed by atoms with van der Waals surface area (Å²) in [6, 6.07) is 3.68. The molecular formula is C9H9ClO2S. The molecule has 13 heavy (non-hydrogen) atoms. The summed E-state index contributed by atoms with van der Waals surface area (Å²) in [7, 11) is 1.35. The van der Waals surface area contributed by atoms with Crippen LogP contribution >= 0.6 is 22.9 Å². The highest BCUT2D eigenvalue weighted by molar-refractivity contribution is 7.17. The van der Waals surface area contributed by atoms with Gasteiger partial charge in [0, 0.05) is 11.0 Å². The smallest absolute Gasteiger partial charge is 0.330 e. The van der Waals surface area contributed by atoms with Crippen molar-refractivity contribution in [3.63, 3.8) is 0 Å². The number of ether oxygens (including phenoxy) is 1. The van der Waals surface area contributed by atoms with Crippen LogP contribution in [0.5, 0.6) is 0 Å². The lowest BCUT2D eigenvalue weighted by Crippen LogP contribution is -1.94. The molecule has 0 aromatic carbocycles. The number of halogens is 1. The maximum Gasteiger partial charge on any atom is 0.330 e. The minimum absolute atomic E-state index is 0.345. The van der Waals surface area contributed by atoms with E-state index in [4.69, 9.17) is 11.6 Å². The molecule has 0 spiro atoms. The molecule has 1 rings (SSSR count). The first-order valence-electron chi connectivity index (χ1n) is 3.65. The van der Waals surface area contributed by atoms with Gasteiger partial charge in [0.05, 0.1) is 11.4 Å². The van der Waals surface area contributed by atoms with Crippen molar-refractivity contribution in [2.45, 2.75) is 6.92 Å². The zero-order chi connectivity index (χ0) is 9.84. The first-order chi connectivity index (χ1) is 6.13. The van der Waals surface area contributed by atoms with Gasteiger partial charge in [-0.15, -0.1) is 11.3 Å². The minimum Gasteiger partial charge on any atom is -0.466 e. The van der Waals surface area contributed by atoms with Crippen molar-refractivity contribution < 1.29 is 9.53 Å². The Labute approximate surface area is 85.8 Å². The Morgan fingerprint density at radius 3 is 2.77 bits per heavy atom. The van der Waals surface area contributed by atoms with Crippen LogP contribution in [0.15, 0.2) is 18.2 Å². The van der Waals surface area contributed by atoms with Gasteiger partial charge in [0.15, 0.2) is 0 Å². The molecule has 0 aliphatic rings. The monoisotopic (exact) mass is 216 g/mol. The summed E-state index contributed by atoms with van der Waals surface area (Å²) in [6.45, 7) is 1.85. The second-order valence-electron chi connectivity index (χ2n) is 2.45. The Morgan fingerprint density at radius 2 is 2.31 bits per heavy atom. The number of hydrogen-bond acceptors (Lipinski definition) is 3. The molecule has 0 bridgehead atoms. The maximum absolute atomic E-state index is 10.9. The van der Waals surface area contributed by atoms with Gasteiger partial charge in [0.2, 0.25) is 0 Å². The van der Waals surface area contributed by atoms with Crippen LogP contribution in [0.2, 0.25) is 4.34 Å². The van der Waals surface area contributed by atoms with Gasteiger partial charge in [0.25, 0.3) is 0 Å². The standard InChI is InChI=1S/C9H9ClO2S/c1-6(5-9(11)12-2)7-3-4-8(10)13-7/h3-5H,1-2H3/b6-5+. The van der Waals surface area contributed by atoms with Gasteiger partial charge < -0.3 is 4.74 Å². The number of thiophene rings is 1. The second kappa shape index (κ2) is 4.44. The molecule has 0 atom stereocenters. The molecule has 0 N–H and O–H groups in total. The van der Waals surface area contributed by atoms with Crippen molar-refractivity contribution in [2.24, 2.45) is 0 Å². The predicted octanol–water partition coefficient (Wildman–Crippen LogP) is 2.98. The summed E-state index contributed by atoms with van der Waals surface area (Å²) in [5.41, 5.74) is 0.865. The van der Waals surface area contributed by atoms with Gasteiger partial charge in [-0.05, 0) is 24.6 Å². The Morgan fingerprint density at radius 1 is 1.62 bits per heavy atom. The largest absolute Gasteiger partial charge is 0.466 e. The normalized spacial score (nSPS) is 11.5. The Bertz CT molecular complexity index is 341. The van der Waals surface area contributed by atoms with Gasteiger partial charge in [-0.1, -0.05) is 11.6 Å². The molecule has 0 aliphatic heterocycles. The van der Waals surface area contributed by atoms with E-state index in [1.807, 2.05) is 13.0 Å². The van der Waals surface area contributed by atoms with E-state index in [1.165, 1.54) is 24.5 Å². The van der Waals surface area contributed by atoms with Gasteiger partial charge in [-0.25, -0.2) is 4.79 Å². The van der Waals surface area contributed by atoms with Crippen molar-refractivity contribution in [1.29, 1.82) is 0 Å². The van der Waals surface area contributed by atoms with Crippen molar-refractivity contribution in [1.82, 2.24) is 0 Å². The minimum atomic E-state index is -0.345. The molecule has 1 heterocycles. The van der Waals surface area contributed by atoms with Crippen LogP contribution in [0.4, 0.5) is 0 Å². The van der Waals surface area contributed by atoms with Gasteiger partial charge in [0.1, 0.15) is 0 Å². The number of carbonyl (C=O) groups is 1. The second-order valence-corrected chi connectivity index (χ2v) is 4.17. The van der Waals surface area contributed by atoms with Crippen LogP contribution < -0.4 is 0 Å². The van der Waals surface area contributed by atoms with E-state index in [2.05, 4.69) is 4.74 Å². The first-order valence-corrected chi connectivity index (χ1v) is 4.85. The highest BCUT2D eigenvalue weighted by Crippen LogP contribution is 2.27. The van der Waals surface area contributed by atoms with Crippen molar-refractivity contribution >= 4 is 34.5 Å². The van der Waals surface area contributed by atoms with Gasteiger partial charge in [-0.3, -0.25) is 0 Å². The number of carbonyl (C=O) groups excluding carboxylic acids is 1. The van der Waals surface area contributed by atoms with Crippen LogP contribution in [-0.4, -0.2) is 13.1 Å². The number of esters is 1. The third-order valence-electron chi connectivity index (χ3n) is 1.50. The lowest BCUT2D eigenvalue weighted by Gasteiger charge is -1.95. The fourth-order valence-electron chi connectivity index (χ4n) is 0.833. The number of allylic oxidation sites excluding steroid dienone is 1. The van der Waals surface area contributed by atoms with E-state index in [-0.39, 0.29) is 5.97 Å². The van der Waals surface area contributed by atoms with E-state index < -0.39 is 0 Å². The van der Waals surface area contributed by atoms with Crippen LogP contribution in [0.25, 0.3) is 5.57 Å². The van der Waals surface area contributed by atoms with Gasteiger partial charge in [-0.2, -0.15) is 0 Å². The molecule has 1 aromatic rings. The molecule has 1 aromatic heterocycles. The molecule has 4 heteroatoms. The van der Waals surface area contributed by atoms with E-state index in [1.54, 1.807) is 6.07 Å². The fraction of sp³-hybridized carbons (Fsp3) is 0.222. The number of hydrogen-bond donors (Lipinski definition) is 0. The molecule has 0 aliphatic carbocycles. The average Bonchev–Trinajstić information content (AvgIpc) is 2.51. The zero-order valence-electron chi connectivity index (χ0n) is 7.33. The van der Waals surface area contributed by atoms with Crippen LogP contribution in [-0.2, 0) is 9.53 Å². The van der Waals surface area contributed by atoms with Crippen LogP contribution in [0.1, 0.15) is 11.8 Å². The Hall–Kier alpha value is -0.800. The summed E-state index contributed by atoms with van der Waals surface area (Å²) in [5.74, 6) is -0.345. The molecular weight excluding hydrogens is 208 g/mol. The molecule has 0 radical (unpaired) electrons. The summed E-state index contributed by atoms with van der Waals surface area (Å²) in [5, 5.41) is 0. The fourth-order valence-corrected chi connectivity index (χ4v) is 1.85. The maximum atomic E-state index is 10.9. The Balaban J connectivity index is 2.84. The highest BCUT2D eigenvalue weighted by Gasteiger charge is 2.02. The van der Waals surface area contributed by atoms with E-state index >= 15 is 0 Å². The summed E-state index contributed by atoms with van der Waals surface area (Å²) in [6.07, 6.45) is 1.45. The van der Waals surface area contributed by atoms with Crippen LogP contribution in [0.3, 0.4) is 0 Å². The molecule has 0 saturated heterocycles. The van der Waals surface area contributed by atoms with Crippen molar-refractivity contribution in [2.75, 3.05) is 7.11 Å². The molecule has 0 amide bonds. The lowest BCUT2D eigenvalue weighted by molar-refractivity contribution is -0.134. The zero-order valence-corrected chi connectivity index (χ0v) is 8.91. The average molecular weight is 217 g/mol. The van der Waals surface area contributed by atoms with E-state index in [9.17, 15) is 4.79 Å². The highest BCUT2D eigenvalue weighted by atomic mass is 35.5. The van der Waals surface area contributed by atoms with E-state index in [0.717, 1.165) is 10.5 Å². The first kappa shape index (κ1) is 10.3. The Kier molecular flexibility index (Phi) is 3.51. The van der Waals surface area contributed by atoms with Crippen molar-refractivity contribution in [3.8, 4) is 0 Å². The number of rotatable bonds is 2. The third kappa shape index (κ3) is 2.86. The summed E-state index contributed by atoms with van der Waals surface area (Å²) < 4.78 is 5.22. The quantitative estimate of drug-likeness (QED) is 0.561. The summed E-state index contributed by atoms with van der Waals surface area (Å²) in [4.78, 5) is 11.9. The molecule has 0 fully saturated rings.